The van der Waals surface area contributed by atoms with E-state index in [1.807, 2.05) is 77.7 Å². The topological polar surface area (TPSA) is 181 Å². The van der Waals surface area contributed by atoms with E-state index in [9.17, 15) is 20.3 Å². The average Bonchev–Trinajstić information content (AvgIpc) is 3.48. The molecule has 1 heterocycles. The molecule has 9 rings (SSSR count). The third-order valence-corrected chi connectivity index (χ3v) is 14.9. The Hall–Kier alpha value is -7.96. The summed E-state index contributed by atoms with van der Waals surface area (Å²) in [4.78, 5) is 37.8. The first kappa shape index (κ1) is 52.9. The summed E-state index contributed by atoms with van der Waals surface area (Å²) in [6.07, 6.45) is 7.45. The van der Waals surface area contributed by atoms with Gasteiger partial charge in [-0.05, 0) is 120 Å². The number of methoxy groups -OCH3 is 2. The van der Waals surface area contributed by atoms with Gasteiger partial charge in [-0.2, -0.15) is 5.26 Å². The highest BCUT2D eigenvalue weighted by molar-refractivity contribution is 6.04. The molecular formula is C62H64N4O10. The molecule has 14 nitrogen and oxygen atoms in total. The molecule has 0 aromatic heterocycles. The van der Waals surface area contributed by atoms with Crippen LogP contribution in [0.25, 0.3) is 10.8 Å². The van der Waals surface area contributed by atoms with Crippen molar-refractivity contribution in [3.05, 3.63) is 186 Å². The van der Waals surface area contributed by atoms with Gasteiger partial charge in [-0.3, -0.25) is 10.1 Å². The first-order valence-electron chi connectivity index (χ1n) is 25.9. The maximum absolute atomic E-state index is 15.8. The summed E-state index contributed by atoms with van der Waals surface area (Å²) in [6.45, 7) is 4.55. The highest BCUT2D eigenvalue weighted by Crippen LogP contribution is 2.62. The Morgan fingerprint density at radius 2 is 1.62 bits per heavy atom. The maximum Gasteiger partial charge on any atom is 0.417 e. The van der Waals surface area contributed by atoms with Gasteiger partial charge in [0.2, 0.25) is 5.79 Å². The lowest BCUT2D eigenvalue weighted by Gasteiger charge is -2.60. The molecule has 6 atom stereocenters. The summed E-state index contributed by atoms with van der Waals surface area (Å²) in [6, 6.07) is 42.3. The Labute approximate surface area is 443 Å². The van der Waals surface area contributed by atoms with E-state index in [1.54, 1.807) is 67.8 Å². The van der Waals surface area contributed by atoms with Crippen molar-refractivity contribution in [2.75, 3.05) is 39.4 Å². The van der Waals surface area contributed by atoms with Crippen LogP contribution in [-0.4, -0.2) is 78.7 Å². The normalized spacial score (nSPS) is 20.7. The molecule has 0 saturated heterocycles. The lowest BCUT2D eigenvalue weighted by molar-refractivity contribution is -0.255. The van der Waals surface area contributed by atoms with E-state index >= 15 is 4.79 Å². The van der Waals surface area contributed by atoms with Gasteiger partial charge >= 0.3 is 6.09 Å². The molecule has 0 spiro atoms. The van der Waals surface area contributed by atoms with E-state index in [-0.39, 0.29) is 62.9 Å². The molecule has 0 radical (unpaired) electrons. The Bertz CT molecular complexity index is 3110. The number of oxime groups is 1. The van der Waals surface area contributed by atoms with Crippen molar-refractivity contribution in [2.45, 2.75) is 75.8 Å². The zero-order chi connectivity index (χ0) is 53.0. The number of nitriles is 1. The number of hydrogen-bond acceptors (Lipinski definition) is 12. The fraction of sp³-hybridized carbons (Fsp3) is 0.323. The van der Waals surface area contributed by atoms with E-state index in [1.165, 1.54) is 7.11 Å². The van der Waals surface area contributed by atoms with E-state index in [0.29, 0.717) is 65.5 Å². The third-order valence-electron chi connectivity index (χ3n) is 14.9. The molecule has 1 saturated carbocycles. The number of carbonyl (C=O) groups excluding carboxylic acids is 2. The van der Waals surface area contributed by atoms with Gasteiger partial charge in [0.1, 0.15) is 35.6 Å². The number of ether oxygens (including phenoxy) is 5. The minimum Gasteiger partial charge on any atom is -0.497 e. The fourth-order valence-corrected chi connectivity index (χ4v) is 11.4. The van der Waals surface area contributed by atoms with Crippen LogP contribution in [-0.2, 0) is 22.7 Å². The Balaban J connectivity index is 1.25. The SMILES string of the molecule is C=CCO[C@@]12Oc3ccc(OC(=O)Nc4ccc(OC)cc4OC)cc3[C@H]3[C@H](CCCCO)[C@@H](CCCCO)C=C(C(=NOCc4ccccc4)C[C@@H]1N(Cc1cccc4ccccc14)C(=O)c1ccc(C#N)cc1)[C@H]32. The largest absolute Gasteiger partial charge is 0.497 e. The standard InChI is InChI=1S/C62H64N4O10/c1-4-33-73-62-57(66(60(69)44-25-23-41(38-63)24-26-44)39-46-20-14-19-43-17-8-9-21-49(43)46)37-54(65-74-40-42-15-6-5-7-16-42)51-34-45(18-10-12-31-67)50(22-11-13-32-68)58(59(51)62)52-35-48(28-30-55(52)76-62)75-61(70)64-53-29-27-47(71-2)36-56(53)72-3/h4-9,14-17,19-21,23-30,34-36,45,50,57-59,67-68H,1,10-13,18,22,31-33,37,39-40H2,2-3H3,(H,64,70)/t45-,50+,57-,58+,59+,62+/m0/s1. The third kappa shape index (κ3) is 11.3. The molecule has 1 aliphatic heterocycles. The summed E-state index contributed by atoms with van der Waals surface area (Å²) in [5, 5.41) is 39.9. The molecule has 6 aromatic carbocycles. The molecule has 2 amide bonds. The maximum atomic E-state index is 15.8. The molecular weight excluding hydrogens is 961 g/mol. The lowest BCUT2D eigenvalue weighted by atomic mass is 9.55. The van der Waals surface area contributed by atoms with Gasteiger partial charge in [0, 0.05) is 49.3 Å². The smallest absolute Gasteiger partial charge is 0.417 e. The summed E-state index contributed by atoms with van der Waals surface area (Å²) in [7, 11) is 3.05. The molecule has 1 fully saturated rings. The number of fused-ring (bicyclic) bond motifs is 3. The van der Waals surface area contributed by atoms with Gasteiger partial charge in [-0.25, -0.2) is 4.79 Å². The van der Waals surface area contributed by atoms with Crippen molar-refractivity contribution in [3.63, 3.8) is 0 Å². The number of rotatable bonds is 22. The molecule has 14 heteroatoms. The number of allylic oxidation sites excluding steroid dienone is 1. The number of amides is 2. The van der Waals surface area contributed by atoms with Gasteiger partial charge in [0.05, 0.1) is 49.8 Å². The van der Waals surface area contributed by atoms with Crippen LogP contribution in [0.1, 0.15) is 83.5 Å². The number of anilines is 1. The lowest BCUT2D eigenvalue weighted by Crippen LogP contribution is -2.70. The predicted molar refractivity (Wildman–Crippen MR) is 290 cm³/mol. The van der Waals surface area contributed by atoms with Crippen LogP contribution >= 0.6 is 0 Å². The number of nitrogens with zero attached hydrogens (tertiary/aromatic N) is 3. The van der Waals surface area contributed by atoms with Crippen LogP contribution in [0.3, 0.4) is 0 Å². The van der Waals surface area contributed by atoms with Crippen molar-refractivity contribution in [3.8, 4) is 29.1 Å². The number of unbranched alkanes of at least 4 members (excludes halogenated alkanes) is 2. The van der Waals surface area contributed by atoms with Crippen molar-refractivity contribution >= 4 is 34.2 Å². The Kier molecular flexibility index (Phi) is 17.1. The molecule has 3 aliphatic rings. The van der Waals surface area contributed by atoms with Crippen LogP contribution in [0.5, 0.6) is 23.0 Å². The molecule has 76 heavy (non-hydrogen) atoms. The molecule has 0 unspecified atom stereocenters. The number of aliphatic hydroxyl groups is 2. The van der Waals surface area contributed by atoms with Crippen LogP contribution in [0, 0.1) is 29.1 Å². The van der Waals surface area contributed by atoms with Crippen LogP contribution in [0.15, 0.2) is 163 Å². The molecule has 6 aromatic rings. The highest BCUT2D eigenvalue weighted by atomic mass is 16.7. The number of carbonyl (C=O) groups is 2. The number of benzene rings is 6. The zero-order valence-electron chi connectivity index (χ0n) is 42.9. The zero-order valence-corrected chi connectivity index (χ0v) is 42.9. The second-order valence-corrected chi connectivity index (χ2v) is 19.4. The Morgan fingerprint density at radius 3 is 2.37 bits per heavy atom. The van der Waals surface area contributed by atoms with Crippen molar-refractivity contribution in [2.24, 2.45) is 22.9 Å². The number of aliphatic hydroxyl groups excluding tert-OH is 2. The summed E-state index contributed by atoms with van der Waals surface area (Å²) >= 11 is 0. The minimum atomic E-state index is -1.60. The fourth-order valence-electron chi connectivity index (χ4n) is 11.4. The highest BCUT2D eigenvalue weighted by Gasteiger charge is 2.65. The number of nitrogens with one attached hydrogen (secondary N) is 1. The molecule has 392 valence electrons. The second kappa shape index (κ2) is 24.6. The molecule has 2 aliphatic carbocycles. The van der Waals surface area contributed by atoms with Gasteiger partial charge in [0.15, 0.2) is 0 Å². The first-order chi connectivity index (χ1) is 37.2. The van der Waals surface area contributed by atoms with Gasteiger partial charge < -0.3 is 43.6 Å². The number of hydrogen-bond donors (Lipinski definition) is 3. The molecule has 0 bridgehead atoms. The Morgan fingerprint density at radius 1 is 0.868 bits per heavy atom. The first-order valence-corrected chi connectivity index (χ1v) is 25.9. The predicted octanol–water partition coefficient (Wildman–Crippen LogP) is 11.5. The van der Waals surface area contributed by atoms with Gasteiger partial charge in [0.25, 0.3) is 5.91 Å². The second-order valence-electron chi connectivity index (χ2n) is 19.4. The van der Waals surface area contributed by atoms with E-state index in [4.69, 9.17) is 33.7 Å². The van der Waals surface area contributed by atoms with Crippen molar-refractivity contribution in [1.29, 1.82) is 5.26 Å². The van der Waals surface area contributed by atoms with E-state index in [0.717, 1.165) is 45.9 Å². The van der Waals surface area contributed by atoms with E-state index in [2.05, 4.69) is 30.1 Å². The van der Waals surface area contributed by atoms with Gasteiger partial charge in [-0.15, -0.1) is 6.58 Å². The van der Waals surface area contributed by atoms with Crippen molar-refractivity contribution in [1.82, 2.24) is 4.90 Å². The monoisotopic (exact) mass is 1020 g/mol. The quantitative estimate of drug-likeness (QED) is 0.0334. The summed E-state index contributed by atoms with van der Waals surface area (Å²) < 4.78 is 31.8. The summed E-state index contributed by atoms with van der Waals surface area (Å²) in [5.74, 6) is -1.45. The minimum absolute atomic E-state index is 0.0213. The van der Waals surface area contributed by atoms with Crippen molar-refractivity contribution < 1.29 is 48.3 Å². The van der Waals surface area contributed by atoms with Crippen LogP contribution in [0.4, 0.5) is 10.5 Å². The van der Waals surface area contributed by atoms with Crippen LogP contribution in [0.2, 0.25) is 0 Å². The average molecular weight is 1030 g/mol. The van der Waals surface area contributed by atoms with Crippen LogP contribution < -0.4 is 24.3 Å². The van der Waals surface area contributed by atoms with E-state index < -0.39 is 29.8 Å². The molecule has 3 N–H and O–H groups in total. The van der Waals surface area contributed by atoms with Gasteiger partial charge in [-0.1, -0.05) is 103 Å². The summed E-state index contributed by atoms with van der Waals surface area (Å²) in [5.41, 5.74) is 5.23.